The van der Waals surface area contributed by atoms with Gasteiger partial charge >= 0.3 is 0 Å². The topological polar surface area (TPSA) is 60.4 Å². The van der Waals surface area contributed by atoms with Gasteiger partial charge in [0.1, 0.15) is 5.82 Å². The maximum Gasteiger partial charge on any atom is 0.269 e. The van der Waals surface area contributed by atoms with Crippen LogP contribution in [0.25, 0.3) is 11.3 Å². The molecule has 0 fully saturated rings. The minimum Gasteiger partial charge on any atom is -0.316 e. The van der Waals surface area contributed by atoms with Gasteiger partial charge in [0, 0.05) is 40.2 Å². The minimum atomic E-state index is -0.551. The molecule has 0 unspecified atom stereocenters. The lowest BCUT2D eigenvalue weighted by Crippen LogP contribution is -2.17. The maximum atomic E-state index is 13.9. The molecule has 0 atom stereocenters. The van der Waals surface area contributed by atoms with Gasteiger partial charge in [-0.25, -0.2) is 9.38 Å². The molecule has 0 aliphatic rings. The van der Waals surface area contributed by atoms with Crippen molar-refractivity contribution >= 4 is 57.5 Å². The summed E-state index contributed by atoms with van der Waals surface area (Å²) in [6.07, 6.45) is 0.592. The van der Waals surface area contributed by atoms with Crippen molar-refractivity contribution in [2.24, 2.45) is 4.99 Å². The highest BCUT2D eigenvalue weighted by molar-refractivity contribution is 7.07. The van der Waals surface area contributed by atoms with Crippen molar-refractivity contribution < 1.29 is 9.31 Å². The maximum absolute atomic E-state index is 13.9. The van der Waals surface area contributed by atoms with E-state index < -0.39 is 10.7 Å². The summed E-state index contributed by atoms with van der Waals surface area (Å²) in [5, 5.41) is 14.1. The number of hydrogen-bond acceptors (Lipinski definition) is 4. The van der Waals surface area contributed by atoms with Gasteiger partial charge in [0.15, 0.2) is 4.80 Å². The molecule has 4 rings (SSSR count). The smallest absolute Gasteiger partial charge is 0.269 e. The van der Waals surface area contributed by atoms with E-state index in [0.29, 0.717) is 33.5 Å². The van der Waals surface area contributed by atoms with Gasteiger partial charge < -0.3 is 4.57 Å². The van der Waals surface area contributed by atoms with Crippen LogP contribution in [0.5, 0.6) is 0 Å². The fraction of sp³-hybridized carbons (Fsp3) is 0.0870. The zero-order chi connectivity index (χ0) is 23.5. The van der Waals surface area contributed by atoms with Crippen LogP contribution in [0.4, 0.5) is 15.8 Å². The van der Waals surface area contributed by atoms with Crippen LogP contribution in [0.15, 0.2) is 71.0 Å². The molecule has 10 heteroatoms. The van der Waals surface area contributed by atoms with Crippen LogP contribution >= 0.6 is 46.1 Å². The number of halogens is 4. The molecule has 0 radical (unpaired) electrons. The van der Waals surface area contributed by atoms with Gasteiger partial charge in [0.2, 0.25) is 0 Å². The number of aryl methyl sites for hydroxylation is 1. The van der Waals surface area contributed by atoms with E-state index in [1.54, 1.807) is 30.3 Å². The van der Waals surface area contributed by atoms with Crippen molar-refractivity contribution in [2.45, 2.75) is 13.0 Å². The Bertz CT molecular complexity index is 1400. The highest BCUT2D eigenvalue weighted by Gasteiger charge is 2.12. The first kappa shape index (κ1) is 23.4. The third-order valence-electron chi connectivity index (χ3n) is 4.92. The van der Waals surface area contributed by atoms with Gasteiger partial charge in [0.05, 0.1) is 21.3 Å². The minimum absolute atomic E-state index is 0.00928. The number of aromatic nitrogens is 1. The summed E-state index contributed by atoms with van der Waals surface area (Å²) >= 11 is 19.5. The number of nitro groups is 1. The summed E-state index contributed by atoms with van der Waals surface area (Å²) in [5.74, 6) is -0.551. The Kier molecular flexibility index (Phi) is 7.14. The molecule has 5 nitrogen and oxygen atoms in total. The molecule has 33 heavy (non-hydrogen) atoms. The van der Waals surface area contributed by atoms with Crippen molar-refractivity contribution in [1.29, 1.82) is 0 Å². The number of nitro benzene ring substituents is 1. The van der Waals surface area contributed by atoms with E-state index in [0.717, 1.165) is 16.8 Å². The predicted molar refractivity (Wildman–Crippen MR) is 131 cm³/mol. The third kappa shape index (κ3) is 5.45. The summed E-state index contributed by atoms with van der Waals surface area (Å²) in [6, 6.07) is 16.0. The third-order valence-corrected chi connectivity index (χ3v) is 6.68. The van der Waals surface area contributed by atoms with Crippen molar-refractivity contribution in [2.75, 3.05) is 0 Å². The van der Waals surface area contributed by atoms with Gasteiger partial charge in [-0.3, -0.25) is 10.1 Å². The van der Waals surface area contributed by atoms with Gasteiger partial charge in [-0.05, 0) is 53.9 Å². The molecule has 0 N–H and O–H groups in total. The van der Waals surface area contributed by atoms with Crippen molar-refractivity contribution in [3.8, 4) is 11.3 Å². The summed E-state index contributed by atoms with van der Waals surface area (Å²) in [7, 11) is 0. The average Bonchev–Trinajstić information content (AvgIpc) is 3.18. The van der Waals surface area contributed by atoms with Gasteiger partial charge in [-0.2, -0.15) is 0 Å². The molecule has 1 aromatic heterocycles. The Morgan fingerprint density at radius 1 is 1.00 bits per heavy atom. The zero-order valence-corrected chi connectivity index (χ0v) is 19.9. The van der Waals surface area contributed by atoms with Gasteiger partial charge in [0.25, 0.3) is 5.69 Å². The SMILES string of the molecule is O=[N+]([O-])c1ccc(-c2csc(=Nc3ccc(Cl)c(F)c3)n2CCc2ccc(Cl)cc2Cl)cc1. The lowest BCUT2D eigenvalue weighted by Gasteiger charge is -2.11. The number of non-ortho nitro benzene ring substituents is 1. The molecule has 0 bridgehead atoms. The Morgan fingerprint density at radius 2 is 1.76 bits per heavy atom. The number of thiazole rings is 1. The summed E-state index contributed by atoms with van der Waals surface area (Å²) < 4.78 is 15.9. The first-order valence-electron chi connectivity index (χ1n) is 9.68. The molecule has 168 valence electrons. The summed E-state index contributed by atoms with van der Waals surface area (Å²) in [4.78, 5) is 15.8. The van der Waals surface area contributed by atoms with E-state index in [-0.39, 0.29) is 10.7 Å². The van der Waals surface area contributed by atoms with E-state index in [9.17, 15) is 14.5 Å². The molecule has 0 saturated carbocycles. The highest BCUT2D eigenvalue weighted by atomic mass is 35.5. The Balaban J connectivity index is 1.77. The molecule has 4 aromatic rings. The number of nitrogens with zero attached hydrogens (tertiary/aromatic N) is 3. The molecule has 0 aliphatic heterocycles. The number of benzene rings is 3. The monoisotopic (exact) mass is 521 g/mol. The number of rotatable bonds is 6. The van der Waals surface area contributed by atoms with Crippen LogP contribution in [0, 0.1) is 15.9 Å². The molecule has 0 saturated heterocycles. The van der Waals surface area contributed by atoms with Crippen molar-refractivity contribution in [3.05, 3.63) is 107 Å². The van der Waals surface area contributed by atoms with E-state index in [4.69, 9.17) is 34.8 Å². The lowest BCUT2D eigenvalue weighted by molar-refractivity contribution is -0.384. The molecular weight excluding hydrogens is 508 g/mol. The second-order valence-electron chi connectivity index (χ2n) is 7.06. The van der Waals surface area contributed by atoms with Crippen molar-refractivity contribution in [1.82, 2.24) is 4.57 Å². The fourth-order valence-electron chi connectivity index (χ4n) is 3.24. The Hall–Kier alpha value is -2.71. The number of hydrogen-bond donors (Lipinski definition) is 0. The van der Waals surface area contributed by atoms with E-state index >= 15 is 0 Å². The van der Waals surface area contributed by atoms with Crippen LogP contribution in [-0.4, -0.2) is 9.49 Å². The van der Waals surface area contributed by atoms with E-state index in [1.165, 1.54) is 35.6 Å². The predicted octanol–water partition coefficient (Wildman–Crippen LogP) is 7.70. The Morgan fingerprint density at radius 3 is 2.42 bits per heavy atom. The summed E-state index contributed by atoms with van der Waals surface area (Å²) in [6.45, 7) is 0.520. The molecule has 0 aliphatic carbocycles. The standard InChI is InChI=1S/C23H15Cl3FN3O2S/c24-16-4-1-14(20(26)11-16)9-10-29-22(15-2-6-18(7-3-15)30(31)32)13-33-23(29)28-17-5-8-19(25)21(27)12-17/h1-8,11-13H,9-10H2. The largest absolute Gasteiger partial charge is 0.316 e. The quantitative estimate of drug-likeness (QED) is 0.192. The van der Waals surface area contributed by atoms with Crippen molar-refractivity contribution in [3.63, 3.8) is 0 Å². The summed E-state index contributed by atoms with van der Waals surface area (Å²) in [5.41, 5.74) is 2.97. The normalized spacial score (nSPS) is 11.7. The van der Waals surface area contributed by atoms with Crippen LogP contribution in [0.2, 0.25) is 15.1 Å². The highest BCUT2D eigenvalue weighted by Crippen LogP contribution is 2.26. The second kappa shape index (κ2) is 10.1. The molecular formula is C23H15Cl3FN3O2S. The van der Waals surface area contributed by atoms with Crippen LogP contribution in [0.3, 0.4) is 0 Å². The lowest BCUT2D eigenvalue weighted by atomic mass is 10.1. The zero-order valence-electron chi connectivity index (χ0n) is 16.8. The average molecular weight is 523 g/mol. The van der Waals surface area contributed by atoms with Gasteiger partial charge in [-0.1, -0.05) is 40.9 Å². The van der Waals surface area contributed by atoms with Crippen LogP contribution < -0.4 is 4.80 Å². The first-order valence-corrected chi connectivity index (χ1v) is 11.7. The molecule has 0 amide bonds. The Labute approximate surface area is 207 Å². The molecule has 0 spiro atoms. The molecule has 1 heterocycles. The first-order chi connectivity index (χ1) is 15.8. The van der Waals surface area contributed by atoms with E-state index in [1.807, 2.05) is 16.0 Å². The second-order valence-corrected chi connectivity index (χ2v) is 9.14. The van der Waals surface area contributed by atoms with Crippen LogP contribution in [0.1, 0.15) is 5.56 Å². The molecule has 3 aromatic carbocycles. The van der Waals surface area contributed by atoms with Gasteiger partial charge in [-0.15, -0.1) is 11.3 Å². The fourth-order valence-corrected chi connectivity index (χ4v) is 4.82. The van der Waals surface area contributed by atoms with E-state index in [2.05, 4.69) is 4.99 Å². The van der Waals surface area contributed by atoms with Crippen LogP contribution in [-0.2, 0) is 13.0 Å².